The van der Waals surface area contributed by atoms with E-state index < -0.39 is 0 Å². The number of piperidine rings is 1. The number of amides is 1. The van der Waals surface area contributed by atoms with Crippen molar-refractivity contribution >= 4 is 5.91 Å². The van der Waals surface area contributed by atoms with E-state index >= 15 is 0 Å². The van der Waals surface area contributed by atoms with Gasteiger partial charge >= 0.3 is 0 Å². The van der Waals surface area contributed by atoms with Gasteiger partial charge in [0.15, 0.2) is 0 Å². The fraction of sp³-hybridized carbons (Fsp3) is 0.304. The Morgan fingerprint density at radius 3 is 2.68 bits per heavy atom. The highest BCUT2D eigenvalue weighted by Crippen LogP contribution is 2.22. The number of benzene rings is 2. The lowest BCUT2D eigenvalue weighted by molar-refractivity contribution is 0.0594. The quantitative estimate of drug-likeness (QED) is 0.679. The van der Waals surface area contributed by atoms with Gasteiger partial charge in [-0.2, -0.15) is 5.10 Å². The summed E-state index contributed by atoms with van der Waals surface area (Å²) in [7, 11) is 0. The number of ether oxygens (including phenoxy) is 1. The van der Waals surface area contributed by atoms with Crippen molar-refractivity contribution in [1.82, 2.24) is 14.7 Å². The van der Waals surface area contributed by atoms with Crippen molar-refractivity contribution in [2.45, 2.75) is 32.4 Å². The molecule has 0 N–H and O–H groups in total. The molecule has 1 saturated heterocycles. The van der Waals surface area contributed by atoms with Crippen molar-refractivity contribution in [3.05, 3.63) is 83.7 Å². The molecule has 1 aliphatic rings. The van der Waals surface area contributed by atoms with Crippen LogP contribution in [0.4, 0.5) is 0 Å². The van der Waals surface area contributed by atoms with E-state index in [0.717, 1.165) is 29.7 Å². The third kappa shape index (κ3) is 4.25. The molecule has 0 bridgehead atoms. The molecular formula is C23H25N3O2. The number of likely N-dealkylation sites (tertiary alicyclic amines) is 1. The zero-order chi connectivity index (χ0) is 19.3. The fourth-order valence-corrected chi connectivity index (χ4v) is 3.66. The summed E-state index contributed by atoms with van der Waals surface area (Å²) in [6.07, 6.45) is 5.52. The second-order valence-electron chi connectivity index (χ2n) is 7.29. The molecule has 5 heteroatoms. The van der Waals surface area contributed by atoms with E-state index in [0.29, 0.717) is 19.6 Å². The molecule has 28 heavy (non-hydrogen) atoms. The topological polar surface area (TPSA) is 47.4 Å². The normalized spacial score (nSPS) is 14.8. The molecule has 0 spiro atoms. The van der Waals surface area contributed by atoms with Crippen LogP contribution in [0.15, 0.2) is 67.0 Å². The van der Waals surface area contributed by atoms with Gasteiger partial charge in [-0.15, -0.1) is 0 Å². The maximum absolute atomic E-state index is 13.1. The standard InChI is InChI=1S/C23H25N3O2/c1-18-6-4-8-21(16-18)28-20-10-14-25(15-11-20)23(27)22-9-3-2-7-19(22)17-26-13-5-12-24-26/h2-9,12-13,16,20H,10-11,14-15,17H2,1H3. The van der Waals surface area contributed by atoms with Crippen molar-refractivity contribution in [1.29, 1.82) is 0 Å². The second kappa shape index (κ2) is 8.30. The molecule has 2 heterocycles. The molecule has 5 nitrogen and oxygen atoms in total. The molecule has 0 aliphatic carbocycles. The molecular weight excluding hydrogens is 350 g/mol. The summed E-state index contributed by atoms with van der Waals surface area (Å²) in [5.74, 6) is 1.01. The maximum Gasteiger partial charge on any atom is 0.254 e. The minimum atomic E-state index is 0.0942. The lowest BCUT2D eigenvalue weighted by Gasteiger charge is -2.32. The zero-order valence-corrected chi connectivity index (χ0v) is 16.1. The van der Waals surface area contributed by atoms with Gasteiger partial charge in [-0.05, 0) is 42.3 Å². The van der Waals surface area contributed by atoms with Crippen LogP contribution in [-0.4, -0.2) is 39.8 Å². The lowest BCUT2D eigenvalue weighted by atomic mass is 10.0. The number of hydrogen-bond donors (Lipinski definition) is 0. The van der Waals surface area contributed by atoms with Crippen LogP contribution < -0.4 is 4.74 Å². The van der Waals surface area contributed by atoms with Crippen LogP contribution in [0.2, 0.25) is 0 Å². The third-order valence-electron chi connectivity index (χ3n) is 5.16. The Kier molecular flexibility index (Phi) is 5.42. The average Bonchev–Trinajstić information content (AvgIpc) is 3.22. The van der Waals surface area contributed by atoms with Gasteiger partial charge in [0.2, 0.25) is 0 Å². The van der Waals surface area contributed by atoms with Gasteiger partial charge in [0.05, 0.1) is 6.54 Å². The highest BCUT2D eigenvalue weighted by atomic mass is 16.5. The first-order valence-corrected chi connectivity index (χ1v) is 9.77. The Morgan fingerprint density at radius 2 is 1.93 bits per heavy atom. The van der Waals surface area contributed by atoms with Gasteiger partial charge in [-0.3, -0.25) is 9.48 Å². The van der Waals surface area contributed by atoms with Gasteiger partial charge in [-0.1, -0.05) is 30.3 Å². The molecule has 1 aromatic heterocycles. The van der Waals surface area contributed by atoms with Gasteiger partial charge < -0.3 is 9.64 Å². The number of hydrogen-bond acceptors (Lipinski definition) is 3. The first-order chi connectivity index (χ1) is 13.7. The summed E-state index contributed by atoms with van der Waals surface area (Å²) >= 11 is 0. The monoisotopic (exact) mass is 375 g/mol. The van der Waals surface area contributed by atoms with E-state index in [1.165, 1.54) is 5.56 Å². The Morgan fingerprint density at radius 1 is 1.11 bits per heavy atom. The van der Waals surface area contributed by atoms with Crippen molar-refractivity contribution in [2.75, 3.05) is 13.1 Å². The summed E-state index contributed by atoms with van der Waals surface area (Å²) in [5.41, 5.74) is 2.95. The van der Waals surface area contributed by atoms with Crippen LogP contribution in [0.3, 0.4) is 0 Å². The Labute approximate surface area is 165 Å². The number of rotatable bonds is 5. The third-order valence-corrected chi connectivity index (χ3v) is 5.16. The number of carbonyl (C=O) groups excluding carboxylic acids is 1. The summed E-state index contributed by atoms with van der Waals surface area (Å²) in [6, 6.07) is 17.8. The molecule has 144 valence electrons. The molecule has 1 aliphatic heterocycles. The number of nitrogens with zero attached hydrogens (tertiary/aromatic N) is 3. The minimum Gasteiger partial charge on any atom is -0.490 e. The predicted octanol–water partition coefficient (Wildman–Crippen LogP) is 3.92. The molecule has 0 atom stereocenters. The molecule has 2 aromatic carbocycles. The highest BCUT2D eigenvalue weighted by Gasteiger charge is 2.26. The highest BCUT2D eigenvalue weighted by molar-refractivity contribution is 5.95. The smallest absolute Gasteiger partial charge is 0.254 e. The number of carbonyl (C=O) groups is 1. The zero-order valence-electron chi connectivity index (χ0n) is 16.1. The summed E-state index contributed by atoms with van der Waals surface area (Å²) in [5, 5.41) is 4.26. The van der Waals surface area contributed by atoms with E-state index in [1.54, 1.807) is 6.20 Å². The molecule has 1 fully saturated rings. The first-order valence-electron chi connectivity index (χ1n) is 9.77. The summed E-state index contributed by atoms with van der Waals surface area (Å²) in [4.78, 5) is 15.1. The van der Waals surface area contributed by atoms with Crippen molar-refractivity contribution in [3.63, 3.8) is 0 Å². The molecule has 0 saturated carbocycles. The molecule has 0 radical (unpaired) electrons. The molecule has 4 rings (SSSR count). The minimum absolute atomic E-state index is 0.0942. The first kappa shape index (κ1) is 18.3. The SMILES string of the molecule is Cc1cccc(OC2CCN(C(=O)c3ccccc3Cn3cccn3)CC2)c1. The van der Waals surface area contributed by atoms with Crippen molar-refractivity contribution in [2.24, 2.45) is 0 Å². The fourth-order valence-electron chi connectivity index (χ4n) is 3.66. The van der Waals surface area contributed by atoms with Crippen molar-refractivity contribution in [3.8, 4) is 5.75 Å². The van der Waals surface area contributed by atoms with E-state index in [1.807, 2.05) is 58.2 Å². The number of aryl methyl sites for hydroxylation is 1. The van der Waals surface area contributed by atoms with Gasteiger partial charge in [-0.25, -0.2) is 0 Å². The van der Waals surface area contributed by atoms with Crippen LogP contribution in [-0.2, 0) is 6.54 Å². The lowest BCUT2D eigenvalue weighted by Crippen LogP contribution is -2.42. The van der Waals surface area contributed by atoms with Crippen LogP contribution in [0.5, 0.6) is 5.75 Å². The van der Waals surface area contributed by atoms with Crippen LogP contribution in [0.25, 0.3) is 0 Å². The Bertz CT molecular complexity index is 929. The van der Waals surface area contributed by atoms with Crippen LogP contribution in [0.1, 0.15) is 34.3 Å². The van der Waals surface area contributed by atoms with Crippen molar-refractivity contribution < 1.29 is 9.53 Å². The second-order valence-corrected chi connectivity index (χ2v) is 7.29. The maximum atomic E-state index is 13.1. The van der Waals surface area contributed by atoms with E-state index in [2.05, 4.69) is 24.2 Å². The average molecular weight is 375 g/mol. The summed E-state index contributed by atoms with van der Waals surface area (Å²) < 4.78 is 7.96. The molecule has 0 unspecified atom stereocenters. The Balaban J connectivity index is 1.39. The van der Waals surface area contributed by atoms with Crippen LogP contribution in [0, 0.1) is 6.92 Å². The van der Waals surface area contributed by atoms with E-state index in [9.17, 15) is 4.79 Å². The molecule has 1 amide bonds. The summed E-state index contributed by atoms with van der Waals surface area (Å²) in [6.45, 7) is 4.09. The largest absolute Gasteiger partial charge is 0.490 e. The van der Waals surface area contributed by atoms with E-state index in [4.69, 9.17) is 4.74 Å². The van der Waals surface area contributed by atoms with Gasteiger partial charge in [0, 0.05) is 43.9 Å². The predicted molar refractivity (Wildman–Crippen MR) is 109 cm³/mol. The number of aromatic nitrogens is 2. The van der Waals surface area contributed by atoms with Gasteiger partial charge in [0.25, 0.3) is 5.91 Å². The Hall–Kier alpha value is -3.08. The van der Waals surface area contributed by atoms with Crippen LogP contribution >= 0.6 is 0 Å². The molecule has 3 aromatic rings. The van der Waals surface area contributed by atoms with Gasteiger partial charge in [0.1, 0.15) is 11.9 Å². The van der Waals surface area contributed by atoms with E-state index in [-0.39, 0.29) is 12.0 Å².